The molecule has 9 heteroatoms. The standard InChI is InChI=1S/C29H33N3O6/c1-18(33)22-16-20(37-26-21-11-7-6-10-19(21)14-15-30-26)17-32(22)27(34)25(29(2,3)4)31-28(35)38-24-13-9-8-12-23(24)36-5/h6-15,20,22,25H,16-17H2,1-5H3,(H,31,35)/t20-,22+,25-/m1/s1. The van der Waals surface area contributed by atoms with Crippen molar-refractivity contribution in [3.8, 4) is 17.4 Å². The number of aromatic nitrogens is 1. The maximum atomic E-state index is 13.8. The molecule has 3 atom stereocenters. The van der Waals surface area contributed by atoms with Gasteiger partial charge in [0.1, 0.15) is 12.1 Å². The van der Waals surface area contributed by atoms with Gasteiger partial charge in [-0.25, -0.2) is 9.78 Å². The first kappa shape index (κ1) is 26.9. The highest BCUT2D eigenvalue weighted by Gasteiger charge is 2.45. The van der Waals surface area contributed by atoms with E-state index in [9.17, 15) is 14.4 Å². The van der Waals surface area contributed by atoms with Crippen molar-refractivity contribution in [3.63, 3.8) is 0 Å². The summed E-state index contributed by atoms with van der Waals surface area (Å²) in [5, 5.41) is 4.55. The van der Waals surface area contributed by atoms with Crippen LogP contribution < -0.4 is 19.5 Å². The lowest BCUT2D eigenvalue weighted by Crippen LogP contribution is -2.57. The number of carbonyl (C=O) groups excluding carboxylic acids is 3. The smallest absolute Gasteiger partial charge is 0.413 e. The number of rotatable bonds is 7. The van der Waals surface area contributed by atoms with Crippen LogP contribution in [0.4, 0.5) is 4.79 Å². The Hall–Kier alpha value is -4.14. The number of nitrogens with zero attached hydrogens (tertiary/aromatic N) is 2. The molecule has 3 aromatic rings. The van der Waals surface area contributed by atoms with Gasteiger partial charge in [0, 0.05) is 18.0 Å². The zero-order valence-corrected chi connectivity index (χ0v) is 22.3. The van der Waals surface area contributed by atoms with Crippen LogP contribution >= 0.6 is 0 Å². The van der Waals surface area contributed by atoms with Gasteiger partial charge in [-0.15, -0.1) is 0 Å². The lowest BCUT2D eigenvalue weighted by molar-refractivity contribution is -0.140. The molecular weight excluding hydrogens is 486 g/mol. The minimum atomic E-state index is -0.957. The Morgan fingerprint density at radius 2 is 1.71 bits per heavy atom. The van der Waals surface area contributed by atoms with Crippen molar-refractivity contribution in [2.24, 2.45) is 5.41 Å². The predicted molar refractivity (Wildman–Crippen MR) is 142 cm³/mol. The molecule has 0 saturated carbocycles. The van der Waals surface area contributed by atoms with Crippen molar-refractivity contribution in [1.29, 1.82) is 0 Å². The fourth-order valence-electron chi connectivity index (χ4n) is 4.62. The number of likely N-dealkylation sites (tertiary alicyclic amines) is 1. The van der Waals surface area contributed by atoms with Gasteiger partial charge in [-0.2, -0.15) is 0 Å². The lowest BCUT2D eigenvalue weighted by Gasteiger charge is -2.34. The second kappa shape index (κ2) is 11.1. The zero-order chi connectivity index (χ0) is 27.4. The number of pyridine rings is 1. The summed E-state index contributed by atoms with van der Waals surface area (Å²) in [6, 6.07) is 14.7. The fraction of sp³-hybridized carbons (Fsp3) is 0.379. The summed E-state index contributed by atoms with van der Waals surface area (Å²) in [5.41, 5.74) is -0.672. The highest BCUT2D eigenvalue weighted by atomic mass is 16.6. The van der Waals surface area contributed by atoms with E-state index in [0.717, 1.165) is 10.8 Å². The molecular formula is C29H33N3O6. The Morgan fingerprint density at radius 3 is 2.39 bits per heavy atom. The highest BCUT2D eigenvalue weighted by molar-refractivity contribution is 5.92. The molecule has 1 fully saturated rings. The topological polar surface area (TPSA) is 107 Å². The number of fused-ring (bicyclic) bond motifs is 1. The predicted octanol–water partition coefficient (Wildman–Crippen LogP) is 4.38. The Labute approximate surface area is 222 Å². The number of ketones is 1. The molecule has 0 radical (unpaired) electrons. The van der Waals surface area contributed by atoms with Crippen molar-refractivity contribution in [2.45, 2.75) is 52.3 Å². The van der Waals surface area contributed by atoms with Crippen LogP contribution in [-0.4, -0.2) is 59.5 Å². The SMILES string of the molecule is COc1ccccc1OC(=O)N[C@H](C(=O)N1C[C@H](Oc2nccc3ccccc23)C[C@H]1C(C)=O)C(C)(C)C. The van der Waals surface area contributed by atoms with Crippen molar-refractivity contribution in [1.82, 2.24) is 15.2 Å². The normalized spacial score (nSPS) is 18.1. The zero-order valence-electron chi connectivity index (χ0n) is 22.3. The van der Waals surface area contributed by atoms with Gasteiger partial charge in [0.25, 0.3) is 0 Å². The Kier molecular flexibility index (Phi) is 7.85. The number of methoxy groups -OCH3 is 1. The maximum Gasteiger partial charge on any atom is 0.413 e. The van der Waals surface area contributed by atoms with Gasteiger partial charge >= 0.3 is 6.09 Å². The van der Waals surface area contributed by atoms with Crippen molar-refractivity contribution in [2.75, 3.05) is 13.7 Å². The van der Waals surface area contributed by atoms with Gasteiger partial charge in [-0.3, -0.25) is 9.59 Å². The molecule has 4 rings (SSSR count). The third-order valence-corrected chi connectivity index (χ3v) is 6.58. The lowest BCUT2D eigenvalue weighted by atomic mass is 9.85. The summed E-state index contributed by atoms with van der Waals surface area (Å²) < 4.78 is 16.9. The first-order chi connectivity index (χ1) is 18.1. The van der Waals surface area contributed by atoms with E-state index in [-0.39, 0.29) is 24.0 Å². The molecule has 1 aliphatic rings. The summed E-state index contributed by atoms with van der Waals surface area (Å²) in [6.07, 6.45) is 0.765. The first-order valence-corrected chi connectivity index (χ1v) is 12.5. The van der Waals surface area contributed by atoms with Gasteiger partial charge in [0.05, 0.1) is 19.7 Å². The number of Topliss-reactive ketones (excluding diaryl/α,β-unsaturated/α-hetero) is 1. The Bertz CT molecular complexity index is 1330. The number of hydrogen-bond donors (Lipinski definition) is 1. The molecule has 1 aromatic heterocycles. The van der Waals surface area contributed by atoms with Crippen LogP contribution in [0.2, 0.25) is 0 Å². The van der Waals surface area contributed by atoms with Crippen molar-refractivity contribution >= 4 is 28.6 Å². The van der Waals surface area contributed by atoms with Crippen LogP contribution in [0, 0.1) is 5.41 Å². The molecule has 200 valence electrons. The van der Waals surface area contributed by atoms with Crippen LogP contribution in [0.25, 0.3) is 10.8 Å². The molecule has 0 bridgehead atoms. The molecule has 2 amide bonds. The van der Waals surface area contributed by atoms with Gasteiger partial charge < -0.3 is 24.4 Å². The summed E-state index contributed by atoms with van der Waals surface area (Å²) >= 11 is 0. The first-order valence-electron chi connectivity index (χ1n) is 12.5. The maximum absolute atomic E-state index is 13.8. The summed E-state index contributed by atoms with van der Waals surface area (Å²) in [5.74, 6) is 0.535. The van der Waals surface area contributed by atoms with Crippen LogP contribution in [0.15, 0.2) is 60.8 Å². The molecule has 9 nitrogen and oxygen atoms in total. The highest BCUT2D eigenvalue weighted by Crippen LogP contribution is 2.31. The summed E-state index contributed by atoms with van der Waals surface area (Å²) in [6.45, 7) is 7.16. The van der Waals surface area contributed by atoms with E-state index in [1.807, 2.05) is 51.1 Å². The minimum Gasteiger partial charge on any atom is -0.493 e. The minimum absolute atomic E-state index is 0.153. The molecule has 1 saturated heterocycles. The Balaban J connectivity index is 1.53. The van der Waals surface area contributed by atoms with Gasteiger partial charge in [-0.1, -0.05) is 51.1 Å². The largest absolute Gasteiger partial charge is 0.493 e. The quantitative estimate of drug-likeness (QED) is 0.494. The molecule has 38 heavy (non-hydrogen) atoms. The number of carbonyl (C=O) groups is 3. The van der Waals surface area contributed by atoms with E-state index in [0.29, 0.717) is 18.1 Å². The summed E-state index contributed by atoms with van der Waals surface area (Å²) in [4.78, 5) is 45.1. The molecule has 0 unspecified atom stereocenters. The molecule has 0 spiro atoms. The number of ether oxygens (including phenoxy) is 3. The average Bonchev–Trinajstić information content (AvgIpc) is 3.31. The van der Waals surface area contributed by atoms with E-state index >= 15 is 0 Å². The van der Waals surface area contributed by atoms with Crippen molar-refractivity contribution < 1.29 is 28.6 Å². The monoisotopic (exact) mass is 519 g/mol. The number of amides is 2. The van der Waals surface area contributed by atoms with E-state index in [1.165, 1.54) is 18.9 Å². The Morgan fingerprint density at radius 1 is 1.03 bits per heavy atom. The van der Waals surface area contributed by atoms with Gasteiger partial charge in [0.15, 0.2) is 17.3 Å². The molecule has 2 aromatic carbocycles. The summed E-state index contributed by atoms with van der Waals surface area (Å²) in [7, 11) is 1.48. The molecule has 2 heterocycles. The van der Waals surface area contributed by atoms with Gasteiger partial charge in [-0.05, 0) is 42.0 Å². The van der Waals surface area contributed by atoms with Gasteiger partial charge in [0.2, 0.25) is 11.8 Å². The van der Waals surface area contributed by atoms with Crippen molar-refractivity contribution in [3.05, 3.63) is 60.8 Å². The van der Waals surface area contributed by atoms with E-state index in [2.05, 4.69) is 10.3 Å². The third-order valence-electron chi connectivity index (χ3n) is 6.58. The number of hydrogen-bond acceptors (Lipinski definition) is 7. The number of para-hydroxylation sites is 2. The molecule has 0 aliphatic carbocycles. The van der Waals surface area contributed by atoms with E-state index < -0.39 is 29.7 Å². The second-order valence-electron chi connectivity index (χ2n) is 10.4. The molecule has 1 aliphatic heterocycles. The van der Waals surface area contributed by atoms with E-state index in [4.69, 9.17) is 14.2 Å². The van der Waals surface area contributed by atoms with Crippen LogP contribution in [0.1, 0.15) is 34.1 Å². The number of nitrogens with one attached hydrogen (secondary N) is 1. The third kappa shape index (κ3) is 5.88. The van der Waals surface area contributed by atoms with Crippen LogP contribution in [0.3, 0.4) is 0 Å². The van der Waals surface area contributed by atoms with E-state index in [1.54, 1.807) is 30.5 Å². The number of benzene rings is 2. The van der Waals surface area contributed by atoms with Crippen LogP contribution in [0.5, 0.6) is 17.4 Å². The fourth-order valence-corrected chi connectivity index (χ4v) is 4.62. The average molecular weight is 520 g/mol. The molecule has 1 N–H and O–H groups in total. The van der Waals surface area contributed by atoms with Crippen LogP contribution in [-0.2, 0) is 9.59 Å². The second-order valence-corrected chi connectivity index (χ2v) is 10.4.